The number of nitrogen functional groups attached to an aromatic ring is 2. The van der Waals surface area contributed by atoms with Crippen molar-refractivity contribution in [1.29, 1.82) is 5.41 Å². The number of nitrogens with zero attached hydrogens (tertiary/aromatic N) is 4. The molecule has 4 aliphatic rings. The monoisotopic (exact) mass is 508 g/mol. The molecule has 190 valence electrons. The number of carboxylic acid groups (broad SMARTS) is 1. The Morgan fingerprint density at radius 1 is 1.11 bits per heavy atom. The first-order valence-corrected chi connectivity index (χ1v) is 12.1. The number of aliphatic carboxylic acids is 1. The summed E-state index contributed by atoms with van der Waals surface area (Å²) in [6.45, 7) is 3.73. The molecule has 0 radical (unpaired) electrons. The molecule has 1 atom stereocenters. The molecule has 0 aliphatic carbocycles. The Bertz CT molecular complexity index is 1040. The minimum Gasteiger partial charge on any atom is -0.481 e. The number of anilines is 2. The van der Waals surface area contributed by atoms with Crippen LogP contribution in [-0.4, -0.2) is 93.5 Å². The van der Waals surface area contributed by atoms with Crippen molar-refractivity contribution < 1.29 is 24.0 Å². The quantitative estimate of drug-likeness (QED) is 0.172. The van der Waals surface area contributed by atoms with Gasteiger partial charge in [0.1, 0.15) is 0 Å². The van der Waals surface area contributed by atoms with Gasteiger partial charge in [0.05, 0.1) is 31.6 Å². The summed E-state index contributed by atoms with van der Waals surface area (Å²) in [5.74, 6) is -1.98. The maximum absolute atomic E-state index is 13.0. The number of carbonyl (C=O) groups is 3. The molecular formula is C21H31ClN9O4+. The fourth-order valence-corrected chi connectivity index (χ4v) is 5.57. The summed E-state index contributed by atoms with van der Waals surface area (Å²) in [6.07, 6.45) is 2.80. The van der Waals surface area contributed by atoms with Crippen molar-refractivity contribution in [2.45, 2.75) is 31.7 Å². The number of nitrogens with two attached hydrogens (primary N) is 2. The Balaban J connectivity index is 1.33. The molecular weight excluding hydrogens is 478 g/mol. The van der Waals surface area contributed by atoms with Crippen LogP contribution in [-0.2, 0) is 9.59 Å². The standard InChI is InChI=1S/C21H30ClN9O4/c22-16-18(24)28-17(23)15(27-16)19(33)29-21(25)26-13-9-31(7-3-11(13)4-8-31)10-14(32)30-5-1-12(2-6-30)20(34)35/h11-13H,1-10H2,(H7-,23,24,25,26,28,29,33,34,35)/p+1/t11?,13-,31?/m1/s1. The average Bonchev–Trinajstić information content (AvgIpc) is 2.81. The van der Waals surface area contributed by atoms with E-state index in [1.54, 1.807) is 4.90 Å². The Hall–Kier alpha value is -3.19. The van der Waals surface area contributed by atoms with Gasteiger partial charge in [-0.25, -0.2) is 9.97 Å². The maximum atomic E-state index is 13.0. The van der Waals surface area contributed by atoms with E-state index in [0.717, 1.165) is 25.9 Å². The molecule has 4 fully saturated rings. The van der Waals surface area contributed by atoms with Crippen LogP contribution in [0.1, 0.15) is 36.2 Å². The van der Waals surface area contributed by atoms with Gasteiger partial charge in [-0.1, -0.05) is 11.6 Å². The number of amides is 2. The van der Waals surface area contributed by atoms with Crippen molar-refractivity contribution in [3.05, 3.63) is 10.8 Å². The summed E-state index contributed by atoms with van der Waals surface area (Å²) in [7, 11) is 0. The SMILES string of the molecule is N=C(NC(=O)c1nc(Cl)c(N)nc1N)N[C@@H]1C[N+]2(CC(=O)N3CCC(C(=O)O)CC3)CCC1CC2. The number of quaternary nitrogens is 1. The van der Waals surface area contributed by atoms with Gasteiger partial charge in [-0.3, -0.25) is 25.1 Å². The first kappa shape index (κ1) is 24.9. The van der Waals surface area contributed by atoms with Gasteiger partial charge >= 0.3 is 5.97 Å². The van der Waals surface area contributed by atoms with Crippen molar-refractivity contribution >= 4 is 47.0 Å². The molecule has 0 saturated carbocycles. The van der Waals surface area contributed by atoms with E-state index in [0.29, 0.717) is 49.4 Å². The molecule has 1 aromatic heterocycles. The summed E-state index contributed by atoms with van der Waals surface area (Å²) in [6, 6.07) is -0.0747. The van der Waals surface area contributed by atoms with E-state index in [2.05, 4.69) is 20.6 Å². The normalized spacial score (nSPS) is 26.3. The number of carboxylic acids is 1. The smallest absolute Gasteiger partial charge is 0.306 e. The van der Waals surface area contributed by atoms with Gasteiger partial charge in [-0.15, -0.1) is 0 Å². The number of hydrogen-bond donors (Lipinski definition) is 6. The highest BCUT2D eigenvalue weighted by Crippen LogP contribution is 2.34. The lowest BCUT2D eigenvalue weighted by Gasteiger charge is -2.52. The van der Waals surface area contributed by atoms with Gasteiger partial charge in [0.25, 0.3) is 11.8 Å². The third kappa shape index (κ3) is 5.40. The number of guanidine groups is 1. The van der Waals surface area contributed by atoms with Crippen LogP contribution in [0.4, 0.5) is 11.6 Å². The number of fused-ring (bicyclic) bond motifs is 3. The van der Waals surface area contributed by atoms with Gasteiger partial charge in [-0.2, -0.15) is 0 Å². The van der Waals surface area contributed by atoms with Crippen molar-refractivity contribution in [2.75, 3.05) is 50.7 Å². The van der Waals surface area contributed by atoms with Crippen molar-refractivity contribution in [2.24, 2.45) is 11.8 Å². The highest BCUT2D eigenvalue weighted by molar-refractivity contribution is 6.31. The number of nitrogens with one attached hydrogen (secondary N) is 3. The molecule has 8 N–H and O–H groups in total. The summed E-state index contributed by atoms with van der Waals surface area (Å²) < 4.78 is 0.624. The third-order valence-corrected chi connectivity index (χ3v) is 7.74. The van der Waals surface area contributed by atoms with Crippen LogP contribution in [0.3, 0.4) is 0 Å². The molecule has 13 nitrogen and oxygen atoms in total. The maximum Gasteiger partial charge on any atom is 0.306 e. The largest absolute Gasteiger partial charge is 0.481 e. The zero-order valence-electron chi connectivity index (χ0n) is 19.3. The Labute approximate surface area is 207 Å². The Kier molecular flexibility index (Phi) is 6.99. The Morgan fingerprint density at radius 3 is 2.40 bits per heavy atom. The molecule has 4 aliphatic heterocycles. The summed E-state index contributed by atoms with van der Waals surface area (Å²) >= 11 is 5.84. The highest BCUT2D eigenvalue weighted by Gasteiger charge is 2.47. The van der Waals surface area contributed by atoms with Crippen LogP contribution >= 0.6 is 11.6 Å². The fourth-order valence-electron chi connectivity index (χ4n) is 5.44. The number of rotatable bonds is 5. The number of carbonyl (C=O) groups excluding carboxylic acids is 2. The minimum absolute atomic E-state index is 0.0468. The predicted octanol–water partition coefficient (Wildman–Crippen LogP) is -0.519. The van der Waals surface area contributed by atoms with Gasteiger partial charge in [0.15, 0.2) is 35.0 Å². The third-order valence-electron chi connectivity index (χ3n) is 7.46. The van der Waals surface area contributed by atoms with Crippen molar-refractivity contribution in [1.82, 2.24) is 25.5 Å². The van der Waals surface area contributed by atoms with Crippen LogP contribution in [0.2, 0.25) is 5.15 Å². The van der Waals surface area contributed by atoms with E-state index in [1.807, 2.05) is 0 Å². The van der Waals surface area contributed by atoms with E-state index >= 15 is 0 Å². The lowest BCUT2D eigenvalue weighted by atomic mass is 9.81. The van der Waals surface area contributed by atoms with Crippen LogP contribution < -0.4 is 22.1 Å². The van der Waals surface area contributed by atoms with Crippen molar-refractivity contribution in [3.63, 3.8) is 0 Å². The van der Waals surface area contributed by atoms with Crippen LogP contribution in [0, 0.1) is 17.2 Å². The summed E-state index contributed by atoms with van der Waals surface area (Å²) in [5, 5.41) is 22.8. The molecule has 4 saturated heterocycles. The molecule has 5 rings (SSSR count). The number of piperidine rings is 4. The van der Waals surface area contributed by atoms with E-state index in [4.69, 9.17) is 28.5 Å². The summed E-state index contributed by atoms with van der Waals surface area (Å²) in [4.78, 5) is 46.2. The van der Waals surface area contributed by atoms with Crippen molar-refractivity contribution in [3.8, 4) is 0 Å². The minimum atomic E-state index is -0.797. The lowest BCUT2D eigenvalue weighted by Crippen LogP contribution is -2.69. The van der Waals surface area contributed by atoms with Crippen LogP contribution in [0.5, 0.6) is 0 Å². The second-order valence-electron chi connectivity index (χ2n) is 9.67. The van der Waals surface area contributed by atoms with Crippen LogP contribution in [0.15, 0.2) is 0 Å². The van der Waals surface area contributed by atoms with Gasteiger partial charge in [0.2, 0.25) is 0 Å². The molecule has 5 heterocycles. The van der Waals surface area contributed by atoms with Gasteiger partial charge in [0, 0.05) is 25.9 Å². The summed E-state index contributed by atoms with van der Waals surface area (Å²) in [5.41, 5.74) is 11.0. The van der Waals surface area contributed by atoms with Gasteiger partial charge in [-0.05, 0) is 18.8 Å². The highest BCUT2D eigenvalue weighted by atomic mass is 35.5. The fraction of sp³-hybridized carbons (Fsp3) is 0.619. The van der Waals surface area contributed by atoms with Gasteiger partial charge < -0.3 is 31.3 Å². The molecule has 14 heteroatoms. The zero-order chi connectivity index (χ0) is 25.3. The molecule has 0 aromatic carbocycles. The first-order valence-electron chi connectivity index (χ1n) is 11.7. The molecule has 0 unspecified atom stereocenters. The second-order valence-corrected chi connectivity index (χ2v) is 10.0. The second kappa shape index (κ2) is 9.82. The molecule has 2 bridgehead atoms. The molecule has 1 aromatic rings. The zero-order valence-corrected chi connectivity index (χ0v) is 20.1. The molecule has 35 heavy (non-hydrogen) atoms. The average molecular weight is 509 g/mol. The number of hydrogen-bond acceptors (Lipinski definition) is 8. The van der Waals surface area contributed by atoms with E-state index < -0.39 is 11.9 Å². The predicted molar refractivity (Wildman–Crippen MR) is 127 cm³/mol. The van der Waals surface area contributed by atoms with E-state index in [9.17, 15) is 19.5 Å². The first-order chi connectivity index (χ1) is 16.6. The topological polar surface area (TPSA) is 200 Å². The molecule has 0 spiro atoms. The number of aromatic nitrogens is 2. The molecule has 2 amide bonds. The Morgan fingerprint density at radius 2 is 1.77 bits per heavy atom. The van der Waals surface area contributed by atoms with Crippen LogP contribution in [0.25, 0.3) is 0 Å². The van der Waals surface area contributed by atoms with E-state index in [1.165, 1.54) is 0 Å². The number of halogens is 1. The number of likely N-dealkylation sites (tertiary alicyclic amines) is 1. The van der Waals surface area contributed by atoms with E-state index in [-0.39, 0.29) is 46.3 Å². The lowest BCUT2D eigenvalue weighted by molar-refractivity contribution is -0.937.